The Kier molecular flexibility index (Phi) is 4.92. The van der Waals surface area contributed by atoms with Crippen molar-refractivity contribution in [3.8, 4) is 22.3 Å². The van der Waals surface area contributed by atoms with Gasteiger partial charge in [-0.1, -0.05) is 66.7 Å². The zero-order chi connectivity index (χ0) is 25.9. The minimum Gasteiger partial charge on any atom is -0.288 e. The van der Waals surface area contributed by atoms with E-state index < -0.39 is 43.3 Å². The smallest absolute Gasteiger partial charge is 0.260 e. The van der Waals surface area contributed by atoms with Crippen molar-refractivity contribution in [3.63, 3.8) is 0 Å². The first kappa shape index (κ1) is 22.6. The number of carbonyl (C=O) groups excluding carboxylic acids is 4. The van der Waals surface area contributed by atoms with Crippen LogP contribution in [0, 0.1) is 0 Å². The van der Waals surface area contributed by atoms with Gasteiger partial charge in [-0.25, -0.2) is 8.42 Å². The summed E-state index contributed by atoms with van der Waals surface area (Å²) >= 11 is 0. The number of hydrogen-bond donors (Lipinski definition) is 2. The van der Waals surface area contributed by atoms with Crippen LogP contribution in [-0.2, 0) is 9.84 Å². The second kappa shape index (κ2) is 8.07. The number of nitrogens with one attached hydrogen (secondary N) is 2. The summed E-state index contributed by atoms with van der Waals surface area (Å²) in [6, 6.07) is 23.0. The van der Waals surface area contributed by atoms with Crippen molar-refractivity contribution in [2.75, 3.05) is 0 Å². The average molecular weight is 509 g/mol. The van der Waals surface area contributed by atoms with Gasteiger partial charge in [0.05, 0.1) is 32.0 Å². The Morgan fingerprint density at radius 3 is 1.70 bits per heavy atom. The van der Waals surface area contributed by atoms with E-state index in [-0.39, 0.29) is 27.8 Å². The quantitative estimate of drug-likeness (QED) is 0.406. The van der Waals surface area contributed by atoms with E-state index in [0.29, 0.717) is 16.7 Å². The first-order valence-corrected chi connectivity index (χ1v) is 12.7. The fourth-order valence-corrected chi connectivity index (χ4v) is 6.74. The van der Waals surface area contributed by atoms with Gasteiger partial charge in [0, 0.05) is 5.56 Å². The highest BCUT2D eigenvalue weighted by molar-refractivity contribution is 7.91. The molecule has 0 bridgehead atoms. The van der Waals surface area contributed by atoms with E-state index in [1.165, 1.54) is 24.3 Å². The Morgan fingerprint density at radius 2 is 1.05 bits per heavy atom. The van der Waals surface area contributed by atoms with Crippen LogP contribution in [0.3, 0.4) is 0 Å². The van der Waals surface area contributed by atoms with Crippen molar-refractivity contribution in [3.05, 3.63) is 107 Å². The van der Waals surface area contributed by atoms with Crippen molar-refractivity contribution in [1.29, 1.82) is 0 Å². The van der Waals surface area contributed by atoms with Crippen LogP contribution in [-0.4, -0.2) is 32.0 Å². The summed E-state index contributed by atoms with van der Waals surface area (Å²) in [7, 11) is -4.64. The monoisotopic (exact) mass is 508 g/mol. The molecule has 9 heteroatoms. The first-order chi connectivity index (χ1) is 17.8. The lowest BCUT2D eigenvalue weighted by Crippen LogP contribution is -2.22. The normalized spacial score (nSPS) is 14.3. The zero-order valence-electron chi connectivity index (χ0n) is 18.9. The van der Waals surface area contributed by atoms with Crippen LogP contribution < -0.4 is 10.6 Å². The maximum Gasteiger partial charge on any atom is 0.260 e. The summed E-state index contributed by atoms with van der Waals surface area (Å²) < 4.78 is 28.9. The Hall–Kier alpha value is -4.89. The van der Waals surface area contributed by atoms with Gasteiger partial charge in [0.25, 0.3) is 23.6 Å². The highest BCUT2D eigenvalue weighted by Gasteiger charge is 2.42. The Labute approximate surface area is 210 Å². The van der Waals surface area contributed by atoms with Crippen molar-refractivity contribution in [1.82, 2.24) is 10.6 Å². The number of amides is 4. The topological polar surface area (TPSA) is 126 Å². The summed E-state index contributed by atoms with van der Waals surface area (Å²) in [5.74, 6) is -3.14. The minimum absolute atomic E-state index is 0.0799. The summed E-state index contributed by atoms with van der Waals surface area (Å²) in [5.41, 5.74) is 0.974. The van der Waals surface area contributed by atoms with E-state index in [1.54, 1.807) is 60.7 Å². The number of fused-ring (bicyclic) bond motifs is 2. The van der Waals surface area contributed by atoms with Gasteiger partial charge >= 0.3 is 0 Å². The highest BCUT2D eigenvalue weighted by atomic mass is 32.2. The zero-order valence-corrected chi connectivity index (χ0v) is 19.8. The molecule has 2 heterocycles. The summed E-state index contributed by atoms with van der Waals surface area (Å²) in [6.07, 6.45) is 0. The minimum atomic E-state index is -4.64. The molecule has 37 heavy (non-hydrogen) atoms. The molecule has 6 rings (SSSR count). The SMILES string of the molecule is O=C1NC(=O)c2c1cccc2S(=O)(=O)c1c2c(cc(-c3ccccc3)c1-c1ccccc1)C(=O)NC2=O. The van der Waals surface area contributed by atoms with Gasteiger partial charge in [0.2, 0.25) is 9.84 Å². The lowest BCUT2D eigenvalue weighted by molar-refractivity contribution is 0.0862. The average Bonchev–Trinajstić information content (AvgIpc) is 3.37. The van der Waals surface area contributed by atoms with Crippen molar-refractivity contribution >= 4 is 33.5 Å². The van der Waals surface area contributed by atoms with Gasteiger partial charge in [-0.15, -0.1) is 0 Å². The third-order valence-corrected chi connectivity index (χ3v) is 8.28. The Bertz CT molecular complexity index is 1800. The van der Waals surface area contributed by atoms with Gasteiger partial charge < -0.3 is 0 Å². The third-order valence-electron chi connectivity index (χ3n) is 6.41. The number of rotatable bonds is 4. The molecular weight excluding hydrogens is 492 g/mol. The Morgan fingerprint density at radius 1 is 0.486 bits per heavy atom. The molecule has 4 aromatic carbocycles. The lowest BCUT2D eigenvalue weighted by atomic mass is 9.90. The Balaban J connectivity index is 1.79. The predicted octanol–water partition coefficient (Wildman–Crippen LogP) is 3.62. The third kappa shape index (κ3) is 3.32. The van der Waals surface area contributed by atoms with Crippen LogP contribution in [0.25, 0.3) is 22.3 Å². The second-order valence-electron chi connectivity index (χ2n) is 8.53. The fraction of sp³-hybridized carbons (Fsp3) is 0. The van der Waals surface area contributed by atoms with E-state index in [0.717, 1.165) is 0 Å². The standard InChI is InChI=1S/C28H16N2O6S/c31-25-17-12-7-13-20(22(17)27(33)29-25)37(35,36)24-21(16-10-5-2-6-11-16)18(15-8-3-1-4-9-15)14-19-23(24)28(34)30-26(19)32/h1-14H,(H,29,31,33)(H,30,32,34). The molecule has 0 fully saturated rings. The maximum atomic E-state index is 14.5. The number of carbonyl (C=O) groups is 4. The molecule has 0 spiro atoms. The van der Waals surface area contributed by atoms with Crippen LogP contribution in [0.15, 0.2) is 94.7 Å². The molecule has 2 aliphatic rings. The molecule has 0 aliphatic carbocycles. The van der Waals surface area contributed by atoms with Crippen LogP contribution in [0.1, 0.15) is 41.4 Å². The molecule has 4 amide bonds. The van der Waals surface area contributed by atoms with Gasteiger partial charge in [0.1, 0.15) is 0 Å². The van der Waals surface area contributed by atoms with E-state index in [4.69, 9.17) is 0 Å². The van der Waals surface area contributed by atoms with Crippen molar-refractivity contribution in [2.24, 2.45) is 0 Å². The van der Waals surface area contributed by atoms with E-state index >= 15 is 0 Å². The summed E-state index contributed by atoms with van der Waals surface area (Å²) in [5, 5.41) is 4.32. The molecule has 0 atom stereocenters. The lowest BCUT2D eigenvalue weighted by Gasteiger charge is -2.19. The van der Waals surface area contributed by atoms with Crippen LogP contribution in [0.2, 0.25) is 0 Å². The van der Waals surface area contributed by atoms with Crippen molar-refractivity contribution in [2.45, 2.75) is 9.79 Å². The first-order valence-electron chi connectivity index (χ1n) is 11.2. The van der Waals surface area contributed by atoms with E-state index in [9.17, 15) is 27.6 Å². The molecule has 0 saturated carbocycles. The largest absolute Gasteiger partial charge is 0.288 e. The maximum absolute atomic E-state index is 14.5. The molecule has 0 saturated heterocycles. The van der Waals surface area contributed by atoms with Gasteiger partial charge in [-0.2, -0.15) is 0 Å². The van der Waals surface area contributed by atoms with Crippen LogP contribution in [0.5, 0.6) is 0 Å². The van der Waals surface area contributed by atoms with Crippen LogP contribution >= 0.6 is 0 Å². The molecular formula is C28H16N2O6S. The number of imide groups is 2. The van der Waals surface area contributed by atoms with Gasteiger partial charge in [-0.3, -0.25) is 29.8 Å². The molecule has 0 unspecified atom stereocenters. The van der Waals surface area contributed by atoms with E-state index in [2.05, 4.69) is 10.6 Å². The molecule has 4 aromatic rings. The van der Waals surface area contributed by atoms with E-state index in [1.807, 2.05) is 0 Å². The molecule has 2 aliphatic heterocycles. The second-order valence-corrected chi connectivity index (χ2v) is 10.4. The molecule has 2 N–H and O–H groups in total. The highest BCUT2D eigenvalue weighted by Crippen LogP contribution is 2.44. The molecule has 0 radical (unpaired) electrons. The number of hydrogen-bond acceptors (Lipinski definition) is 6. The van der Waals surface area contributed by atoms with Crippen molar-refractivity contribution < 1.29 is 27.6 Å². The summed E-state index contributed by atoms with van der Waals surface area (Å²) in [6.45, 7) is 0. The predicted molar refractivity (Wildman–Crippen MR) is 133 cm³/mol. The molecule has 180 valence electrons. The fourth-order valence-electron chi connectivity index (χ4n) is 4.82. The van der Waals surface area contributed by atoms with Gasteiger partial charge in [-0.05, 0) is 34.9 Å². The van der Waals surface area contributed by atoms with Gasteiger partial charge in [0.15, 0.2) is 0 Å². The van der Waals surface area contributed by atoms with Crippen LogP contribution in [0.4, 0.5) is 0 Å². The summed E-state index contributed by atoms with van der Waals surface area (Å²) in [4.78, 5) is 49.9. The molecule has 8 nitrogen and oxygen atoms in total. The number of benzene rings is 4. The number of sulfone groups is 1. The molecule has 0 aromatic heterocycles.